The molecule has 0 bridgehead atoms. The lowest BCUT2D eigenvalue weighted by molar-refractivity contribution is -0.119. The summed E-state index contributed by atoms with van der Waals surface area (Å²) in [5, 5.41) is 4.10. The van der Waals surface area contributed by atoms with Gasteiger partial charge in [-0.05, 0) is 29.8 Å². The van der Waals surface area contributed by atoms with E-state index in [9.17, 15) is 13.2 Å². The minimum absolute atomic E-state index is 0.0480. The Kier molecular flexibility index (Phi) is 7.29. The summed E-state index contributed by atoms with van der Waals surface area (Å²) >= 11 is 12.0. The van der Waals surface area contributed by atoms with Gasteiger partial charge in [-0.3, -0.25) is 9.10 Å². The van der Waals surface area contributed by atoms with Gasteiger partial charge in [-0.25, -0.2) is 13.8 Å². The van der Waals surface area contributed by atoms with Gasteiger partial charge in [0, 0.05) is 19.8 Å². The number of anilines is 2. The van der Waals surface area contributed by atoms with E-state index in [2.05, 4.69) is 10.5 Å². The van der Waals surface area contributed by atoms with Crippen molar-refractivity contribution in [2.45, 2.75) is 0 Å². The molecule has 0 unspecified atom stereocenters. The fourth-order valence-corrected chi connectivity index (χ4v) is 3.58. The number of carbonyl (C=O) groups excluding carboxylic acids is 1. The molecule has 1 amide bonds. The van der Waals surface area contributed by atoms with Crippen molar-refractivity contribution in [1.82, 2.24) is 5.43 Å². The molecule has 2 rings (SSSR count). The highest BCUT2D eigenvalue weighted by molar-refractivity contribution is 7.92. The van der Waals surface area contributed by atoms with E-state index in [-0.39, 0.29) is 15.7 Å². The smallest absolute Gasteiger partial charge is 0.260 e. The molecule has 0 atom stereocenters. The van der Waals surface area contributed by atoms with Gasteiger partial charge >= 0.3 is 0 Å². The summed E-state index contributed by atoms with van der Waals surface area (Å²) in [7, 11) is 0.0976. The molecule has 2 aromatic carbocycles. The summed E-state index contributed by atoms with van der Waals surface area (Å²) in [6, 6.07) is 12.1. The van der Waals surface area contributed by atoms with Crippen LogP contribution in [-0.2, 0) is 14.8 Å². The van der Waals surface area contributed by atoms with Gasteiger partial charge in [-0.15, -0.1) is 0 Å². The summed E-state index contributed by atoms with van der Waals surface area (Å²) in [6.45, 7) is -0.490. The molecule has 0 aliphatic heterocycles. The van der Waals surface area contributed by atoms with Crippen LogP contribution in [0.3, 0.4) is 0 Å². The molecule has 0 spiro atoms. The number of amides is 1. The Morgan fingerprint density at radius 2 is 1.79 bits per heavy atom. The van der Waals surface area contributed by atoms with Crippen molar-refractivity contribution in [3.63, 3.8) is 0 Å². The molecule has 0 aliphatic carbocycles. The van der Waals surface area contributed by atoms with Crippen LogP contribution in [0.5, 0.6) is 0 Å². The quantitative estimate of drug-likeness (QED) is 0.527. The largest absolute Gasteiger partial charge is 0.378 e. The number of hydrazone groups is 1. The van der Waals surface area contributed by atoms with E-state index in [0.717, 1.165) is 21.8 Å². The van der Waals surface area contributed by atoms with Crippen LogP contribution in [0.15, 0.2) is 47.6 Å². The Balaban J connectivity index is 2.09. The average Bonchev–Trinajstić information content (AvgIpc) is 2.62. The molecule has 0 heterocycles. The number of nitrogens with zero attached hydrogens (tertiary/aromatic N) is 3. The molecule has 150 valence electrons. The van der Waals surface area contributed by atoms with E-state index in [4.69, 9.17) is 23.2 Å². The van der Waals surface area contributed by atoms with Crippen molar-refractivity contribution in [3.05, 3.63) is 58.1 Å². The molecule has 0 aromatic heterocycles. The zero-order valence-electron chi connectivity index (χ0n) is 15.6. The second-order valence-electron chi connectivity index (χ2n) is 6.12. The molecule has 0 saturated carbocycles. The first-order valence-corrected chi connectivity index (χ1v) is 10.7. The van der Waals surface area contributed by atoms with Gasteiger partial charge in [-0.2, -0.15) is 5.10 Å². The zero-order valence-corrected chi connectivity index (χ0v) is 17.9. The third kappa shape index (κ3) is 5.85. The van der Waals surface area contributed by atoms with Crippen LogP contribution in [0.25, 0.3) is 0 Å². The minimum Gasteiger partial charge on any atom is -0.378 e. The molecular weight excluding hydrogens is 423 g/mol. The van der Waals surface area contributed by atoms with Gasteiger partial charge in [0.15, 0.2) is 0 Å². The van der Waals surface area contributed by atoms with Crippen molar-refractivity contribution in [2.75, 3.05) is 36.1 Å². The van der Waals surface area contributed by atoms with Crippen LogP contribution in [0, 0.1) is 0 Å². The number of rotatable bonds is 7. The van der Waals surface area contributed by atoms with Gasteiger partial charge in [0.25, 0.3) is 5.91 Å². The highest BCUT2D eigenvalue weighted by Gasteiger charge is 2.23. The van der Waals surface area contributed by atoms with Crippen LogP contribution in [0.4, 0.5) is 11.4 Å². The predicted molar refractivity (Wildman–Crippen MR) is 115 cm³/mol. The van der Waals surface area contributed by atoms with Crippen molar-refractivity contribution in [2.24, 2.45) is 5.10 Å². The monoisotopic (exact) mass is 442 g/mol. The number of nitrogens with one attached hydrogen (secondary N) is 1. The van der Waals surface area contributed by atoms with Gasteiger partial charge in [0.2, 0.25) is 10.0 Å². The first-order valence-electron chi connectivity index (χ1n) is 8.10. The van der Waals surface area contributed by atoms with Crippen molar-refractivity contribution >= 4 is 56.7 Å². The van der Waals surface area contributed by atoms with E-state index in [1.807, 2.05) is 43.3 Å². The van der Waals surface area contributed by atoms with E-state index >= 15 is 0 Å². The topological polar surface area (TPSA) is 82.1 Å². The first-order chi connectivity index (χ1) is 13.1. The number of carbonyl (C=O) groups is 1. The molecular formula is C18H20Cl2N4O3S. The highest BCUT2D eigenvalue weighted by Crippen LogP contribution is 2.33. The van der Waals surface area contributed by atoms with Crippen molar-refractivity contribution in [3.8, 4) is 0 Å². The number of sulfonamides is 1. The summed E-state index contributed by atoms with van der Waals surface area (Å²) in [5.41, 5.74) is 4.25. The van der Waals surface area contributed by atoms with Crippen molar-refractivity contribution < 1.29 is 13.2 Å². The maximum atomic E-state index is 12.2. The van der Waals surface area contributed by atoms with Crippen LogP contribution in [0.1, 0.15) is 5.56 Å². The average molecular weight is 443 g/mol. The van der Waals surface area contributed by atoms with E-state index in [0.29, 0.717) is 0 Å². The molecule has 28 heavy (non-hydrogen) atoms. The molecule has 0 fully saturated rings. The zero-order chi connectivity index (χ0) is 20.9. The Morgan fingerprint density at radius 3 is 2.36 bits per heavy atom. The third-order valence-corrected chi connectivity index (χ3v) is 5.64. The standard InChI is InChI=1S/C18H20Cl2N4O3S/c1-23(2)14-9-7-13(8-10-14)11-21-22-17(25)12-24(28(3,26)27)16-6-4-5-15(19)18(16)20/h4-11H,12H2,1-3H3,(H,22,25)/b21-11-. The molecule has 0 radical (unpaired) electrons. The number of benzene rings is 2. The summed E-state index contributed by atoms with van der Waals surface area (Å²) in [5.74, 6) is -0.623. The summed E-state index contributed by atoms with van der Waals surface area (Å²) in [6.07, 6.45) is 2.45. The molecule has 1 N–H and O–H groups in total. The lowest BCUT2D eigenvalue weighted by Crippen LogP contribution is -2.39. The second-order valence-corrected chi connectivity index (χ2v) is 8.81. The van der Waals surface area contributed by atoms with Crippen LogP contribution in [-0.4, -0.2) is 47.4 Å². The van der Waals surface area contributed by atoms with E-state index in [1.165, 1.54) is 18.3 Å². The van der Waals surface area contributed by atoms with Gasteiger partial charge in [0.05, 0.1) is 28.2 Å². The summed E-state index contributed by atoms with van der Waals surface area (Å²) in [4.78, 5) is 14.2. The lowest BCUT2D eigenvalue weighted by Gasteiger charge is -2.22. The van der Waals surface area contributed by atoms with Crippen LogP contribution < -0.4 is 14.6 Å². The third-order valence-electron chi connectivity index (χ3n) is 3.70. The lowest BCUT2D eigenvalue weighted by atomic mass is 10.2. The summed E-state index contributed by atoms with van der Waals surface area (Å²) < 4.78 is 25.1. The van der Waals surface area contributed by atoms with Crippen LogP contribution in [0.2, 0.25) is 10.0 Å². The Bertz CT molecular complexity index is 977. The molecule has 0 aliphatic rings. The van der Waals surface area contributed by atoms with E-state index < -0.39 is 22.5 Å². The molecule has 0 saturated heterocycles. The maximum absolute atomic E-state index is 12.2. The molecule has 10 heteroatoms. The van der Waals surface area contributed by atoms with Gasteiger partial charge < -0.3 is 4.90 Å². The number of hydrogen-bond donors (Lipinski definition) is 1. The van der Waals surface area contributed by atoms with Gasteiger partial charge in [-0.1, -0.05) is 41.4 Å². The Hall–Kier alpha value is -2.29. The van der Waals surface area contributed by atoms with Gasteiger partial charge in [0.1, 0.15) is 6.54 Å². The normalized spacial score (nSPS) is 11.5. The SMILES string of the molecule is CN(C)c1ccc(/C=N\NC(=O)CN(c2cccc(Cl)c2Cl)S(C)(=O)=O)cc1. The second kappa shape index (κ2) is 9.27. The van der Waals surface area contributed by atoms with Crippen molar-refractivity contribution in [1.29, 1.82) is 0 Å². The number of halogens is 2. The fourth-order valence-electron chi connectivity index (χ4n) is 2.27. The molecule has 7 nitrogen and oxygen atoms in total. The number of hydrogen-bond acceptors (Lipinski definition) is 5. The predicted octanol–water partition coefficient (Wildman–Crippen LogP) is 2.98. The molecule has 2 aromatic rings. The van der Waals surface area contributed by atoms with Crippen LogP contribution >= 0.6 is 23.2 Å². The minimum atomic E-state index is -3.77. The Morgan fingerprint density at radius 1 is 1.14 bits per heavy atom. The first kappa shape index (κ1) is 22.0. The fraction of sp³-hybridized carbons (Fsp3) is 0.222. The maximum Gasteiger partial charge on any atom is 0.260 e. The Labute approximate surface area is 174 Å². The highest BCUT2D eigenvalue weighted by atomic mass is 35.5. The van der Waals surface area contributed by atoms with E-state index in [1.54, 1.807) is 6.07 Å².